The molecule has 4 heteroatoms. The molecule has 0 heterocycles. The van der Waals surface area contributed by atoms with Crippen LogP contribution in [-0.2, 0) is 0 Å². The van der Waals surface area contributed by atoms with Gasteiger partial charge in [-0.15, -0.1) is 0 Å². The summed E-state index contributed by atoms with van der Waals surface area (Å²) in [5.41, 5.74) is 12.7. The van der Waals surface area contributed by atoms with E-state index in [1.807, 2.05) is 30.3 Å². The molecule has 0 aliphatic carbocycles. The van der Waals surface area contributed by atoms with E-state index < -0.39 is 0 Å². The summed E-state index contributed by atoms with van der Waals surface area (Å²) in [5.74, 6) is 0. The van der Waals surface area contributed by atoms with E-state index in [-0.39, 0.29) is 4.99 Å². The van der Waals surface area contributed by atoms with Gasteiger partial charge in [0.25, 0.3) is 0 Å². The highest BCUT2D eigenvalue weighted by Crippen LogP contribution is 2.17. The molecule has 0 spiro atoms. The molecule has 0 bridgehead atoms. The van der Waals surface area contributed by atoms with Gasteiger partial charge in [0.15, 0.2) is 0 Å². The van der Waals surface area contributed by atoms with Crippen molar-refractivity contribution >= 4 is 38.8 Å². The summed E-state index contributed by atoms with van der Waals surface area (Å²) in [6.45, 7) is 0. The topological polar surface area (TPSA) is 52.0 Å². The predicted octanol–water partition coefficient (Wildman–Crippen LogP) is 1.99. The fourth-order valence-electron chi connectivity index (χ4n) is 0.877. The SMILES string of the molecule is NC(=S)/C(Br)=C(\N)c1ccccc1. The van der Waals surface area contributed by atoms with Crippen molar-refractivity contribution in [3.63, 3.8) is 0 Å². The predicted molar refractivity (Wildman–Crippen MR) is 63.3 cm³/mol. The summed E-state index contributed by atoms with van der Waals surface area (Å²) in [4.78, 5) is 0.265. The second kappa shape index (κ2) is 4.39. The monoisotopic (exact) mass is 256 g/mol. The first-order chi connectivity index (χ1) is 6.13. The molecule has 0 saturated heterocycles. The quantitative estimate of drug-likeness (QED) is 0.629. The zero-order chi connectivity index (χ0) is 9.84. The number of benzene rings is 1. The van der Waals surface area contributed by atoms with Crippen LogP contribution < -0.4 is 11.5 Å². The molecule has 1 rings (SSSR count). The molecule has 0 aliphatic heterocycles. The number of halogens is 1. The van der Waals surface area contributed by atoms with Crippen LogP contribution in [0, 0.1) is 0 Å². The summed E-state index contributed by atoms with van der Waals surface area (Å²) in [7, 11) is 0. The Morgan fingerprint density at radius 2 is 1.69 bits per heavy atom. The minimum atomic E-state index is 0.265. The zero-order valence-corrected chi connectivity index (χ0v) is 9.23. The molecule has 1 aromatic rings. The van der Waals surface area contributed by atoms with Crippen molar-refractivity contribution in [1.82, 2.24) is 0 Å². The summed E-state index contributed by atoms with van der Waals surface area (Å²) < 4.78 is 0.578. The van der Waals surface area contributed by atoms with Crippen LogP contribution in [0.25, 0.3) is 5.70 Å². The molecule has 0 fully saturated rings. The second-order valence-electron chi connectivity index (χ2n) is 2.46. The van der Waals surface area contributed by atoms with Crippen LogP contribution in [0.2, 0.25) is 0 Å². The van der Waals surface area contributed by atoms with Crippen LogP contribution >= 0.6 is 28.1 Å². The Balaban J connectivity index is 3.11. The van der Waals surface area contributed by atoms with E-state index in [0.717, 1.165) is 5.56 Å². The standard InChI is InChI=1S/C9H9BrN2S/c10-7(9(12)13)8(11)6-4-2-1-3-5-6/h1-5H,11H2,(H2,12,13)/b8-7+. The number of hydrogen-bond donors (Lipinski definition) is 2. The van der Waals surface area contributed by atoms with Gasteiger partial charge in [-0.05, 0) is 21.5 Å². The van der Waals surface area contributed by atoms with Crippen molar-refractivity contribution < 1.29 is 0 Å². The maximum atomic E-state index is 5.80. The first-order valence-corrected chi connectivity index (χ1v) is 4.83. The lowest BCUT2D eigenvalue weighted by molar-refractivity contribution is 1.52. The fourth-order valence-corrected chi connectivity index (χ4v) is 1.22. The van der Waals surface area contributed by atoms with Crippen molar-refractivity contribution in [2.75, 3.05) is 0 Å². The van der Waals surface area contributed by atoms with E-state index in [2.05, 4.69) is 15.9 Å². The van der Waals surface area contributed by atoms with Gasteiger partial charge in [-0.25, -0.2) is 0 Å². The van der Waals surface area contributed by atoms with Gasteiger partial charge >= 0.3 is 0 Å². The molecule has 0 atom stereocenters. The van der Waals surface area contributed by atoms with Crippen LogP contribution in [0.4, 0.5) is 0 Å². The number of rotatable bonds is 2. The summed E-state index contributed by atoms with van der Waals surface area (Å²) >= 11 is 8.02. The summed E-state index contributed by atoms with van der Waals surface area (Å²) in [6.07, 6.45) is 0. The molecule has 68 valence electrons. The lowest BCUT2D eigenvalue weighted by atomic mass is 10.1. The molecule has 4 N–H and O–H groups in total. The largest absolute Gasteiger partial charge is 0.397 e. The Labute approximate surface area is 90.7 Å². The normalized spacial score (nSPS) is 12.1. The van der Waals surface area contributed by atoms with E-state index in [1.165, 1.54) is 0 Å². The van der Waals surface area contributed by atoms with E-state index in [0.29, 0.717) is 10.2 Å². The highest BCUT2D eigenvalue weighted by molar-refractivity contribution is 9.12. The van der Waals surface area contributed by atoms with Gasteiger partial charge in [0, 0.05) is 0 Å². The summed E-state index contributed by atoms with van der Waals surface area (Å²) in [5, 5.41) is 0. The van der Waals surface area contributed by atoms with Gasteiger partial charge in [-0.2, -0.15) is 0 Å². The van der Waals surface area contributed by atoms with Gasteiger partial charge < -0.3 is 11.5 Å². The van der Waals surface area contributed by atoms with Crippen LogP contribution in [0.5, 0.6) is 0 Å². The van der Waals surface area contributed by atoms with E-state index in [1.54, 1.807) is 0 Å². The number of hydrogen-bond acceptors (Lipinski definition) is 2. The second-order valence-corrected chi connectivity index (χ2v) is 3.69. The average Bonchev–Trinajstić information content (AvgIpc) is 2.17. The maximum absolute atomic E-state index is 5.80. The van der Waals surface area contributed by atoms with Crippen LogP contribution in [0.15, 0.2) is 34.8 Å². The molecule has 0 aliphatic rings. The molecule has 0 saturated carbocycles. The fraction of sp³-hybridized carbons (Fsp3) is 0. The van der Waals surface area contributed by atoms with E-state index >= 15 is 0 Å². The molecule has 1 aromatic carbocycles. The van der Waals surface area contributed by atoms with Crippen molar-refractivity contribution in [3.8, 4) is 0 Å². The Morgan fingerprint density at radius 1 is 1.15 bits per heavy atom. The smallest absolute Gasteiger partial charge is 0.113 e. The van der Waals surface area contributed by atoms with Gasteiger partial charge in [-0.1, -0.05) is 42.5 Å². The minimum absolute atomic E-state index is 0.265. The Morgan fingerprint density at radius 3 is 2.15 bits per heavy atom. The first kappa shape index (κ1) is 10.2. The molecular formula is C9H9BrN2S. The summed E-state index contributed by atoms with van der Waals surface area (Å²) in [6, 6.07) is 9.53. The number of nitrogens with two attached hydrogens (primary N) is 2. The first-order valence-electron chi connectivity index (χ1n) is 3.63. The Bertz CT molecular complexity index is 346. The molecular weight excluding hydrogens is 248 g/mol. The highest BCUT2D eigenvalue weighted by atomic mass is 79.9. The van der Waals surface area contributed by atoms with Gasteiger partial charge in [0.1, 0.15) is 4.99 Å². The van der Waals surface area contributed by atoms with Gasteiger partial charge in [0.2, 0.25) is 0 Å². The van der Waals surface area contributed by atoms with E-state index in [4.69, 9.17) is 23.7 Å². The molecule has 0 radical (unpaired) electrons. The average molecular weight is 257 g/mol. The van der Waals surface area contributed by atoms with Crippen LogP contribution in [-0.4, -0.2) is 4.99 Å². The van der Waals surface area contributed by atoms with Crippen molar-refractivity contribution in [3.05, 3.63) is 40.4 Å². The van der Waals surface area contributed by atoms with Crippen LogP contribution in [0.1, 0.15) is 5.56 Å². The van der Waals surface area contributed by atoms with Gasteiger partial charge in [-0.3, -0.25) is 0 Å². The Kier molecular flexibility index (Phi) is 3.45. The third kappa shape index (κ3) is 2.54. The molecule has 2 nitrogen and oxygen atoms in total. The lowest BCUT2D eigenvalue weighted by Crippen LogP contribution is -2.12. The minimum Gasteiger partial charge on any atom is -0.397 e. The Hall–Kier alpha value is -0.870. The number of thiocarbonyl (C=S) groups is 1. The van der Waals surface area contributed by atoms with Gasteiger partial charge in [0.05, 0.1) is 10.2 Å². The van der Waals surface area contributed by atoms with Crippen LogP contribution in [0.3, 0.4) is 0 Å². The molecule has 0 aromatic heterocycles. The third-order valence-electron chi connectivity index (χ3n) is 1.54. The van der Waals surface area contributed by atoms with E-state index in [9.17, 15) is 0 Å². The zero-order valence-electron chi connectivity index (χ0n) is 6.83. The maximum Gasteiger partial charge on any atom is 0.113 e. The third-order valence-corrected chi connectivity index (χ3v) is 2.86. The highest BCUT2D eigenvalue weighted by Gasteiger charge is 2.04. The molecule has 0 amide bonds. The van der Waals surface area contributed by atoms with Crippen molar-refractivity contribution in [1.29, 1.82) is 0 Å². The lowest BCUT2D eigenvalue weighted by Gasteiger charge is -2.04. The molecule has 13 heavy (non-hydrogen) atoms. The van der Waals surface area contributed by atoms with Crippen molar-refractivity contribution in [2.24, 2.45) is 11.5 Å². The molecule has 0 unspecified atom stereocenters. The van der Waals surface area contributed by atoms with Crippen molar-refractivity contribution in [2.45, 2.75) is 0 Å².